The number of ketones is 2. The molecule has 0 aliphatic heterocycles. The quantitative estimate of drug-likeness (QED) is 0.157. The minimum absolute atomic E-state index is 0.00973. The van der Waals surface area contributed by atoms with Crippen molar-refractivity contribution >= 4 is 23.2 Å². The third kappa shape index (κ3) is 3.73. The summed E-state index contributed by atoms with van der Waals surface area (Å²) in [5, 5.41) is 48.7. The zero-order valence-electron chi connectivity index (χ0n) is 20.5. The number of benzene rings is 3. The molecule has 0 saturated heterocycles. The van der Waals surface area contributed by atoms with Gasteiger partial charge < -0.3 is 25.2 Å². The van der Waals surface area contributed by atoms with Gasteiger partial charge in [0.2, 0.25) is 5.78 Å². The van der Waals surface area contributed by atoms with Gasteiger partial charge in [0.05, 0.1) is 35.6 Å². The fourth-order valence-corrected chi connectivity index (χ4v) is 5.11. The Balaban J connectivity index is 1.56. The normalized spacial score (nSPS) is 20.3. The molecule has 38 heavy (non-hydrogen) atoms. The molecular formula is C28H24N2O8. The van der Waals surface area contributed by atoms with Gasteiger partial charge in [-0.05, 0) is 25.1 Å². The minimum Gasteiger partial charge on any atom is -0.507 e. The smallest absolute Gasteiger partial charge is 0.271 e. The summed E-state index contributed by atoms with van der Waals surface area (Å²) in [4.78, 5) is 39.2. The second-order valence-electron chi connectivity index (χ2n) is 9.31. The van der Waals surface area contributed by atoms with Crippen molar-refractivity contribution in [1.82, 2.24) is 5.43 Å². The van der Waals surface area contributed by atoms with Gasteiger partial charge >= 0.3 is 0 Å². The molecule has 10 heteroatoms. The molecule has 2 aliphatic carbocycles. The van der Waals surface area contributed by atoms with Gasteiger partial charge in [0, 0.05) is 35.1 Å². The predicted molar refractivity (Wildman–Crippen MR) is 135 cm³/mol. The highest BCUT2D eigenvalue weighted by Crippen LogP contribution is 2.51. The Labute approximate surface area is 216 Å². The van der Waals surface area contributed by atoms with E-state index in [2.05, 4.69) is 10.5 Å². The molecular weight excluding hydrogens is 492 g/mol. The molecule has 2 unspecified atom stereocenters. The van der Waals surface area contributed by atoms with Crippen LogP contribution in [0.5, 0.6) is 17.2 Å². The number of nitrogens with zero attached hydrogens (tertiary/aromatic N) is 1. The summed E-state index contributed by atoms with van der Waals surface area (Å²) < 4.78 is 5.23. The van der Waals surface area contributed by atoms with Crippen molar-refractivity contribution in [3.8, 4) is 17.2 Å². The Kier molecular flexibility index (Phi) is 6.01. The van der Waals surface area contributed by atoms with Crippen LogP contribution in [0.3, 0.4) is 0 Å². The zero-order chi connectivity index (χ0) is 27.4. The second-order valence-corrected chi connectivity index (χ2v) is 9.31. The molecule has 5 rings (SSSR count). The molecule has 2 aliphatic rings. The van der Waals surface area contributed by atoms with Gasteiger partial charge in [0.1, 0.15) is 22.8 Å². The standard InChI is InChI=1S/C28H24N2O8/c1-13(29-30-27(36)14-7-4-3-5-8-14)28(37)11-16-19(17(31)12-28)25(34)22-21(24(16)33)23(32)15-9-6-10-18(38-2)20(15)26(22)35/h3-10,17,31,33-34,37H,11-12H2,1-2H3,(H,30,36). The number of aliphatic hydroxyl groups is 2. The fraction of sp³-hybridized carbons (Fsp3) is 0.214. The van der Waals surface area contributed by atoms with E-state index in [1.165, 1.54) is 32.2 Å². The van der Waals surface area contributed by atoms with Gasteiger partial charge in [-0.25, -0.2) is 5.43 Å². The first-order chi connectivity index (χ1) is 18.1. The number of ether oxygens (including phenoxy) is 1. The van der Waals surface area contributed by atoms with E-state index in [4.69, 9.17) is 4.74 Å². The SMILES string of the molecule is COc1cccc2c1C(=O)c1c(O)c3c(c(O)c1C2=O)CC(O)(C(C)=NNC(=O)c1ccccc1)CC3O. The van der Waals surface area contributed by atoms with Crippen molar-refractivity contribution in [2.75, 3.05) is 7.11 Å². The lowest BCUT2D eigenvalue weighted by molar-refractivity contribution is 0.0261. The summed E-state index contributed by atoms with van der Waals surface area (Å²) in [7, 11) is 1.34. The average molecular weight is 517 g/mol. The van der Waals surface area contributed by atoms with Crippen LogP contribution in [0.2, 0.25) is 0 Å². The summed E-state index contributed by atoms with van der Waals surface area (Å²) in [6, 6.07) is 12.7. The number of aromatic hydroxyl groups is 2. The molecule has 2 atom stereocenters. The van der Waals surface area contributed by atoms with E-state index in [0.717, 1.165) is 0 Å². The summed E-state index contributed by atoms with van der Waals surface area (Å²) in [5.74, 6) is -3.12. The number of aliphatic hydroxyl groups excluding tert-OH is 1. The van der Waals surface area contributed by atoms with Crippen LogP contribution in [0.1, 0.15) is 72.8 Å². The maximum Gasteiger partial charge on any atom is 0.271 e. The molecule has 5 N–H and O–H groups in total. The highest BCUT2D eigenvalue weighted by molar-refractivity contribution is 6.31. The van der Waals surface area contributed by atoms with Crippen molar-refractivity contribution in [2.24, 2.45) is 5.10 Å². The molecule has 3 aromatic rings. The average Bonchev–Trinajstić information content (AvgIpc) is 2.91. The Morgan fingerprint density at radius 3 is 2.37 bits per heavy atom. The molecule has 0 fully saturated rings. The van der Waals surface area contributed by atoms with E-state index in [-0.39, 0.29) is 46.6 Å². The topological polar surface area (TPSA) is 166 Å². The summed E-state index contributed by atoms with van der Waals surface area (Å²) in [5.41, 5.74) is -0.300. The van der Waals surface area contributed by atoms with Gasteiger partial charge in [-0.1, -0.05) is 30.3 Å². The molecule has 10 nitrogen and oxygen atoms in total. The lowest BCUT2D eigenvalue weighted by Gasteiger charge is -2.38. The van der Waals surface area contributed by atoms with Crippen LogP contribution >= 0.6 is 0 Å². The van der Waals surface area contributed by atoms with Gasteiger partial charge in [0.15, 0.2) is 5.78 Å². The molecule has 0 heterocycles. The van der Waals surface area contributed by atoms with E-state index in [1.54, 1.807) is 30.3 Å². The molecule has 3 aromatic carbocycles. The van der Waals surface area contributed by atoms with Crippen LogP contribution in [-0.4, -0.2) is 56.3 Å². The zero-order valence-corrected chi connectivity index (χ0v) is 20.5. The number of carbonyl (C=O) groups excluding carboxylic acids is 3. The van der Waals surface area contributed by atoms with Gasteiger partial charge in [-0.3, -0.25) is 14.4 Å². The molecule has 0 radical (unpaired) electrons. The predicted octanol–water partition coefficient (Wildman–Crippen LogP) is 2.40. The summed E-state index contributed by atoms with van der Waals surface area (Å²) in [6.45, 7) is 1.44. The summed E-state index contributed by atoms with van der Waals surface area (Å²) >= 11 is 0. The third-order valence-corrected chi connectivity index (χ3v) is 7.13. The van der Waals surface area contributed by atoms with Gasteiger partial charge in [-0.2, -0.15) is 5.10 Å². The van der Waals surface area contributed by atoms with E-state index in [1.807, 2.05) is 0 Å². The van der Waals surface area contributed by atoms with Crippen LogP contribution < -0.4 is 10.2 Å². The lowest BCUT2D eigenvalue weighted by atomic mass is 9.72. The maximum absolute atomic E-state index is 13.4. The monoisotopic (exact) mass is 516 g/mol. The first kappa shape index (κ1) is 25.1. The molecule has 1 amide bonds. The summed E-state index contributed by atoms with van der Waals surface area (Å²) in [6.07, 6.45) is -2.24. The van der Waals surface area contributed by atoms with Crippen LogP contribution in [-0.2, 0) is 6.42 Å². The van der Waals surface area contributed by atoms with Gasteiger partial charge in [-0.15, -0.1) is 0 Å². The number of carbonyl (C=O) groups is 3. The number of hydrogen-bond donors (Lipinski definition) is 5. The Morgan fingerprint density at radius 2 is 1.68 bits per heavy atom. The first-order valence-electron chi connectivity index (χ1n) is 11.8. The van der Waals surface area contributed by atoms with Crippen LogP contribution in [0.4, 0.5) is 0 Å². The maximum atomic E-state index is 13.4. The highest BCUT2D eigenvalue weighted by Gasteiger charge is 2.46. The Bertz CT molecular complexity index is 1550. The van der Waals surface area contributed by atoms with Crippen LogP contribution in [0, 0.1) is 0 Å². The number of phenolic OH excluding ortho intramolecular Hbond substituents is 2. The van der Waals surface area contributed by atoms with E-state index in [9.17, 15) is 34.8 Å². The highest BCUT2D eigenvalue weighted by atomic mass is 16.5. The van der Waals surface area contributed by atoms with Crippen molar-refractivity contribution in [1.29, 1.82) is 0 Å². The molecule has 0 spiro atoms. The molecule has 0 saturated carbocycles. The second kappa shape index (κ2) is 9.09. The number of amides is 1. The fourth-order valence-electron chi connectivity index (χ4n) is 5.11. The van der Waals surface area contributed by atoms with Gasteiger partial charge in [0.25, 0.3) is 5.91 Å². The number of methoxy groups -OCH3 is 1. The number of nitrogens with one attached hydrogen (secondary N) is 1. The lowest BCUT2D eigenvalue weighted by Crippen LogP contribution is -2.45. The van der Waals surface area contributed by atoms with E-state index in [0.29, 0.717) is 5.56 Å². The number of hydrazone groups is 1. The van der Waals surface area contributed by atoms with Crippen molar-refractivity contribution in [3.05, 3.63) is 87.5 Å². The van der Waals surface area contributed by atoms with E-state index >= 15 is 0 Å². The van der Waals surface area contributed by atoms with Crippen molar-refractivity contribution in [3.63, 3.8) is 0 Å². The Morgan fingerprint density at radius 1 is 1.00 bits per heavy atom. The van der Waals surface area contributed by atoms with Crippen molar-refractivity contribution in [2.45, 2.75) is 31.5 Å². The number of hydrogen-bond acceptors (Lipinski definition) is 9. The number of fused-ring (bicyclic) bond motifs is 3. The largest absolute Gasteiger partial charge is 0.507 e. The Hall–Kier alpha value is -4.54. The van der Waals surface area contributed by atoms with Crippen LogP contribution in [0.25, 0.3) is 0 Å². The number of rotatable bonds is 4. The van der Waals surface area contributed by atoms with Crippen molar-refractivity contribution < 1.29 is 39.5 Å². The van der Waals surface area contributed by atoms with Crippen LogP contribution in [0.15, 0.2) is 53.6 Å². The molecule has 0 aromatic heterocycles. The molecule has 194 valence electrons. The third-order valence-electron chi connectivity index (χ3n) is 7.13. The molecule has 0 bridgehead atoms. The van der Waals surface area contributed by atoms with E-state index < -0.39 is 51.8 Å². The first-order valence-corrected chi connectivity index (χ1v) is 11.8. The number of phenols is 2. The minimum atomic E-state index is -1.85.